The number of aryl methyl sites for hydroxylation is 2. The molecule has 0 saturated carbocycles. The van der Waals surface area contributed by atoms with E-state index in [1.165, 1.54) is 12.8 Å². The van der Waals surface area contributed by atoms with E-state index < -0.39 is 10.8 Å². The molecule has 1 aromatic heterocycles. The average Bonchev–Trinajstić information content (AvgIpc) is 2.29. The summed E-state index contributed by atoms with van der Waals surface area (Å²) >= 11 is 0. The second-order valence-corrected chi connectivity index (χ2v) is 5.98. The summed E-state index contributed by atoms with van der Waals surface area (Å²) in [7, 11) is -1.09. The van der Waals surface area contributed by atoms with E-state index in [-0.39, 0.29) is 12.4 Å². The minimum atomic E-state index is -1.09. The van der Waals surface area contributed by atoms with Crippen LogP contribution in [0, 0.1) is 13.8 Å². The Labute approximate surface area is 117 Å². The Hall–Kier alpha value is -0.520. The molecule has 1 fully saturated rings. The van der Waals surface area contributed by atoms with Crippen molar-refractivity contribution in [2.24, 2.45) is 0 Å². The summed E-state index contributed by atoms with van der Waals surface area (Å²) in [6.45, 7) is 4.86. The first-order valence-electron chi connectivity index (χ1n) is 6.09. The third kappa shape index (κ3) is 4.30. The van der Waals surface area contributed by atoms with Crippen LogP contribution in [0.5, 0.6) is 0 Å². The monoisotopic (exact) mass is 289 g/mol. The summed E-state index contributed by atoms with van der Waals surface area (Å²) in [5.74, 6) is 0.628. The van der Waals surface area contributed by atoms with Crippen LogP contribution in [0.25, 0.3) is 0 Å². The fourth-order valence-corrected chi connectivity index (χ4v) is 3.41. The number of aromatic nitrogens is 2. The largest absolute Gasteiger partial charge is 0.313 e. The molecule has 2 unspecified atom stereocenters. The van der Waals surface area contributed by atoms with Gasteiger partial charge in [0, 0.05) is 23.2 Å². The highest BCUT2D eigenvalue weighted by Crippen LogP contribution is 2.11. The van der Waals surface area contributed by atoms with Crippen molar-refractivity contribution in [3.8, 4) is 0 Å². The van der Waals surface area contributed by atoms with Gasteiger partial charge in [0.05, 0.1) is 10.8 Å². The fraction of sp³-hybridized carbons (Fsp3) is 0.667. The van der Waals surface area contributed by atoms with E-state index in [0.29, 0.717) is 17.0 Å². The summed E-state index contributed by atoms with van der Waals surface area (Å²) in [5, 5.41) is 3.88. The normalized spacial score (nSPS) is 21.1. The maximum absolute atomic E-state index is 12.2. The van der Waals surface area contributed by atoms with E-state index in [9.17, 15) is 4.21 Å². The highest BCUT2D eigenvalue weighted by atomic mass is 35.5. The van der Waals surface area contributed by atoms with Crippen LogP contribution in [-0.2, 0) is 10.8 Å². The Kier molecular flexibility index (Phi) is 6.18. The summed E-state index contributed by atoms with van der Waals surface area (Å²) in [6.07, 6.45) is 3.56. The molecule has 2 rings (SSSR count). The van der Waals surface area contributed by atoms with Gasteiger partial charge in [-0.3, -0.25) is 4.21 Å². The van der Waals surface area contributed by atoms with Crippen LogP contribution < -0.4 is 5.32 Å². The van der Waals surface area contributed by atoms with Crippen LogP contribution in [0.15, 0.2) is 11.2 Å². The molecule has 0 aromatic carbocycles. The molecule has 102 valence electrons. The van der Waals surface area contributed by atoms with Crippen LogP contribution in [0.2, 0.25) is 0 Å². The standard InChI is InChI=1S/C12H19N3OS.ClH/c1-9-7-10(2)15-12(14-9)17(16)8-11-5-3-4-6-13-11;/h7,11,13H,3-6,8H2,1-2H3;1H. The van der Waals surface area contributed by atoms with Crippen molar-refractivity contribution in [1.82, 2.24) is 15.3 Å². The zero-order valence-corrected chi connectivity index (χ0v) is 12.4. The molecule has 1 aromatic rings. The predicted octanol–water partition coefficient (Wildman–Crippen LogP) is 1.76. The van der Waals surface area contributed by atoms with Crippen LogP contribution in [0.4, 0.5) is 0 Å². The van der Waals surface area contributed by atoms with Crippen molar-refractivity contribution in [1.29, 1.82) is 0 Å². The van der Waals surface area contributed by atoms with E-state index in [0.717, 1.165) is 24.4 Å². The first-order chi connectivity index (χ1) is 8.15. The van der Waals surface area contributed by atoms with E-state index >= 15 is 0 Å². The van der Waals surface area contributed by atoms with Crippen LogP contribution in [0.1, 0.15) is 30.7 Å². The van der Waals surface area contributed by atoms with Crippen molar-refractivity contribution >= 4 is 23.2 Å². The molecule has 0 aliphatic carbocycles. The Morgan fingerprint density at radius 2 is 2.00 bits per heavy atom. The molecule has 0 amide bonds. The molecule has 0 bridgehead atoms. The van der Waals surface area contributed by atoms with Gasteiger partial charge in [0.1, 0.15) is 0 Å². The van der Waals surface area contributed by atoms with Gasteiger partial charge in [-0.1, -0.05) is 6.42 Å². The van der Waals surface area contributed by atoms with Gasteiger partial charge >= 0.3 is 0 Å². The molecule has 18 heavy (non-hydrogen) atoms. The molecule has 6 heteroatoms. The Bertz CT molecular complexity index is 402. The quantitative estimate of drug-likeness (QED) is 0.862. The number of nitrogens with one attached hydrogen (secondary N) is 1. The summed E-state index contributed by atoms with van der Waals surface area (Å²) in [6, 6.07) is 2.26. The minimum Gasteiger partial charge on any atom is -0.313 e. The zero-order chi connectivity index (χ0) is 12.3. The van der Waals surface area contributed by atoms with Crippen LogP contribution >= 0.6 is 12.4 Å². The molecule has 0 radical (unpaired) electrons. The Morgan fingerprint density at radius 1 is 1.33 bits per heavy atom. The topological polar surface area (TPSA) is 54.9 Å². The van der Waals surface area contributed by atoms with Gasteiger partial charge in [-0.2, -0.15) is 0 Å². The number of piperidine rings is 1. The van der Waals surface area contributed by atoms with Crippen molar-refractivity contribution in [2.75, 3.05) is 12.3 Å². The fourth-order valence-electron chi connectivity index (χ4n) is 2.12. The van der Waals surface area contributed by atoms with Gasteiger partial charge in [0.25, 0.3) is 0 Å². The highest BCUT2D eigenvalue weighted by molar-refractivity contribution is 7.84. The van der Waals surface area contributed by atoms with E-state index in [4.69, 9.17) is 0 Å². The van der Waals surface area contributed by atoms with E-state index in [1.807, 2.05) is 19.9 Å². The Balaban J connectivity index is 0.00000162. The predicted molar refractivity (Wildman–Crippen MR) is 75.7 cm³/mol. The van der Waals surface area contributed by atoms with Crippen molar-refractivity contribution in [3.05, 3.63) is 17.5 Å². The van der Waals surface area contributed by atoms with E-state index in [1.54, 1.807) is 0 Å². The first kappa shape index (κ1) is 15.5. The highest BCUT2D eigenvalue weighted by Gasteiger charge is 2.18. The third-order valence-corrected chi connectivity index (χ3v) is 4.23. The summed E-state index contributed by atoms with van der Waals surface area (Å²) < 4.78 is 12.2. The molecule has 1 N–H and O–H groups in total. The van der Waals surface area contributed by atoms with Crippen LogP contribution in [-0.4, -0.2) is 32.5 Å². The molecule has 2 atom stereocenters. The van der Waals surface area contributed by atoms with Crippen LogP contribution in [0.3, 0.4) is 0 Å². The molecule has 0 spiro atoms. The molecule has 2 heterocycles. The maximum Gasteiger partial charge on any atom is 0.218 e. The lowest BCUT2D eigenvalue weighted by Crippen LogP contribution is -2.38. The molecule has 1 aliphatic rings. The third-order valence-electron chi connectivity index (χ3n) is 2.93. The maximum atomic E-state index is 12.2. The minimum absolute atomic E-state index is 0. The number of hydrogen-bond donors (Lipinski definition) is 1. The van der Waals surface area contributed by atoms with Crippen molar-refractivity contribution in [2.45, 2.75) is 44.3 Å². The Morgan fingerprint density at radius 3 is 2.56 bits per heavy atom. The average molecular weight is 290 g/mol. The number of rotatable bonds is 3. The van der Waals surface area contributed by atoms with Gasteiger partial charge in [0.15, 0.2) is 0 Å². The van der Waals surface area contributed by atoms with Gasteiger partial charge in [-0.05, 0) is 39.3 Å². The zero-order valence-electron chi connectivity index (χ0n) is 10.8. The lowest BCUT2D eigenvalue weighted by atomic mass is 10.1. The molecule has 1 saturated heterocycles. The van der Waals surface area contributed by atoms with E-state index in [2.05, 4.69) is 15.3 Å². The summed E-state index contributed by atoms with van der Waals surface area (Å²) in [4.78, 5) is 8.52. The number of nitrogens with zero attached hydrogens (tertiary/aromatic N) is 2. The molecule has 1 aliphatic heterocycles. The van der Waals surface area contributed by atoms with Gasteiger partial charge < -0.3 is 5.32 Å². The smallest absolute Gasteiger partial charge is 0.218 e. The number of halogens is 1. The van der Waals surface area contributed by atoms with Gasteiger partial charge in [-0.25, -0.2) is 9.97 Å². The summed E-state index contributed by atoms with van der Waals surface area (Å²) in [5.41, 5.74) is 1.77. The van der Waals surface area contributed by atoms with Crippen molar-refractivity contribution in [3.63, 3.8) is 0 Å². The first-order valence-corrected chi connectivity index (χ1v) is 7.41. The van der Waals surface area contributed by atoms with Gasteiger partial charge in [0.2, 0.25) is 5.16 Å². The lowest BCUT2D eigenvalue weighted by molar-refractivity contribution is 0.427. The van der Waals surface area contributed by atoms with Crippen molar-refractivity contribution < 1.29 is 4.21 Å². The SMILES string of the molecule is Cc1cc(C)nc(S(=O)CC2CCCCN2)n1.Cl. The second kappa shape index (κ2) is 7.16. The molecular formula is C12H20ClN3OS. The molecular weight excluding hydrogens is 270 g/mol. The van der Waals surface area contributed by atoms with Gasteiger partial charge in [-0.15, -0.1) is 12.4 Å². The second-order valence-electron chi connectivity index (χ2n) is 4.59. The number of hydrogen-bond acceptors (Lipinski definition) is 4. The molecule has 4 nitrogen and oxygen atoms in total. The lowest BCUT2D eigenvalue weighted by Gasteiger charge is -2.22.